The molecule has 6 heteroatoms. The van der Waals surface area contributed by atoms with Crippen molar-refractivity contribution in [2.24, 2.45) is 0 Å². The number of anilines is 2. The number of carbonyl (C=O) groups excluding carboxylic acids is 2. The van der Waals surface area contributed by atoms with Crippen molar-refractivity contribution < 1.29 is 14.3 Å². The van der Waals surface area contributed by atoms with E-state index >= 15 is 0 Å². The lowest BCUT2D eigenvalue weighted by Crippen LogP contribution is -2.43. The van der Waals surface area contributed by atoms with Gasteiger partial charge < -0.3 is 4.74 Å². The van der Waals surface area contributed by atoms with Gasteiger partial charge in [0.05, 0.1) is 17.1 Å². The van der Waals surface area contributed by atoms with Crippen LogP contribution in [0.5, 0.6) is 5.75 Å². The van der Waals surface area contributed by atoms with Crippen molar-refractivity contribution in [2.45, 2.75) is 32.1 Å². The van der Waals surface area contributed by atoms with Gasteiger partial charge in [0.25, 0.3) is 5.56 Å². The van der Waals surface area contributed by atoms with Gasteiger partial charge in [0.1, 0.15) is 12.0 Å². The molecule has 30 heavy (non-hydrogen) atoms. The molecule has 1 aliphatic heterocycles. The van der Waals surface area contributed by atoms with Gasteiger partial charge in [-0.1, -0.05) is 36.4 Å². The molecule has 0 amide bonds. The lowest BCUT2D eigenvalue weighted by Gasteiger charge is -2.33. The molecule has 150 valence electrons. The molecule has 3 aromatic rings. The summed E-state index contributed by atoms with van der Waals surface area (Å²) < 4.78 is 7.04. The number of para-hydroxylation sites is 2. The van der Waals surface area contributed by atoms with Crippen molar-refractivity contribution in [1.29, 1.82) is 0 Å². The van der Waals surface area contributed by atoms with E-state index in [1.807, 2.05) is 65.7 Å². The Morgan fingerprint density at radius 1 is 0.800 bits per heavy atom. The zero-order chi connectivity index (χ0) is 20.7. The monoisotopic (exact) mass is 400 g/mol. The number of aromatic nitrogens is 1. The first kappa shape index (κ1) is 18.4. The van der Waals surface area contributed by atoms with Crippen molar-refractivity contribution >= 4 is 23.1 Å². The van der Waals surface area contributed by atoms with Crippen molar-refractivity contribution in [3.63, 3.8) is 0 Å². The lowest BCUT2D eigenvalue weighted by atomic mass is 9.91. The molecule has 2 aromatic carbocycles. The number of fused-ring (bicyclic) bond motifs is 3. The maximum absolute atomic E-state index is 13.7. The number of benzene rings is 2. The van der Waals surface area contributed by atoms with Crippen LogP contribution in [0.2, 0.25) is 0 Å². The summed E-state index contributed by atoms with van der Waals surface area (Å²) in [5.41, 5.74) is 2.72. The van der Waals surface area contributed by atoms with Crippen LogP contribution in [0, 0.1) is 0 Å². The molecule has 2 heterocycles. The Morgan fingerprint density at radius 3 is 2.03 bits per heavy atom. The van der Waals surface area contributed by atoms with E-state index in [1.165, 1.54) is 0 Å². The minimum absolute atomic E-state index is 0.0212. The fourth-order valence-electron chi connectivity index (χ4n) is 4.30. The Balaban J connectivity index is 1.85. The third-order valence-corrected chi connectivity index (χ3v) is 5.60. The van der Waals surface area contributed by atoms with E-state index < -0.39 is 23.7 Å². The third-order valence-electron chi connectivity index (χ3n) is 5.60. The van der Waals surface area contributed by atoms with Gasteiger partial charge in [-0.25, -0.2) is 9.69 Å². The molecule has 2 aliphatic rings. The van der Waals surface area contributed by atoms with Gasteiger partial charge in [-0.05, 0) is 49.9 Å². The lowest BCUT2D eigenvalue weighted by molar-refractivity contribution is -0.133. The van der Waals surface area contributed by atoms with E-state index in [2.05, 4.69) is 0 Å². The number of Topliss-reactive ketones (excluding diaryl/α,β-unsaturated/α-hetero) is 1. The average Bonchev–Trinajstić information content (AvgIpc) is 2.77. The van der Waals surface area contributed by atoms with Crippen LogP contribution in [0.25, 0.3) is 0 Å². The Hall–Kier alpha value is -3.67. The quantitative estimate of drug-likeness (QED) is 0.494. The Morgan fingerprint density at radius 2 is 1.40 bits per heavy atom. The fourth-order valence-corrected chi connectivity index (χ4v) is 4.30. The van der Waals surface area contributed by atoms with Gasteiger partial charge in [0.15, 0.2) is 11.5 Å². The second-order valence-corrected chi connectivity index (χ2v) is 7.51. The second-order valence-electron chi connectivity index (χ2n) is 7.51. The average molecular weight is 400 g/mol. The summed E-state index contributed by atoms with van der Waals surface area (Å²) in [5.74, 6) is -0.900. The van der Waals surface area contributed by atoms with Gasteiger partial charge in [-0.15, -0.1) is 0 Å². The summed E-state index contributed by atoms with van der Waals surface area (Å²) in [6.07, 6.45) is 2.76. The van der Waals surface area contributed by atoms with Gasteiger partial charge in [-0.2, -0.15) is 0 Å². The van der Waals surface area contributed by atoms with E-state index in [9.17, 15) is 14.4 Å². The Labute approximate surface area is 173 Å². The largest absolute Gasteiger partial charge is 0.425 e. The number of ether oxygens (including phenoxy) is 1. The minimum atomic E-state index is -0.597. The molecule has 1 aliphatic carbocycles. The third kappa shape index (κ3) is 2.92. The van der Waals surface area contributed by atoms with E-state index in [0.29, 0.717) is 12.8 Å². The van der Waals surface area contributed by atoms with Crippen molar-refractivity contribution in [2.75, 3.05) is 5.01 Å². The zero-order valence-corrected chi connectivity index (χ0v) is 16.3. The normalized spacial score (nSPS) is 15.2. The summed E-state index contributed by atoms with van der Waals surface area (Å²) in [4.78, 5) is 38.4. The fraction of sp³-hybridized carbons (Fsp3) is 0.208. The summed E-state index contributed by atoms with van der Waals surface area (Å²) in [7, 11) is 0. The molecule has 0 unspecified atom stereocenters. The molecule has 0 saturated carbocycles. The highest BCUT2D eigenvalue weighted by Gasteiger charge is 2.36. The molecule has 0 radical (unpaired) electrons. The predicted molar refractivity (Wildman–Crippen MR) is 112 cm³/mol. The smallest absolute Gasteiger partial charge is 0.319 e. The predicted octanol–water partition coefficient (Wildman–Crippen LogP) is 3.82. The van der Waals surface area contributed by atoms with Crippen LogP contribution >= 0.6 is 0 Å². The van der Waals surface area contributed by atoms with E-state index in [1.54, 1.807) is 4.68 Å². The molecular formula is C24H20N2O4. The summed E-state index contributed by atoms with van der Waals surface area (Å²) in [5, 5.41) is 1.84. The number of ketones is 1. The van der Waals surface area contributed by atoms with Gasteiger partial charge >= 0.3 is 5.97 Å². The van der Waals surface area contributed by atoms with Crippen LogP contribution < -0.4 is 15.3 Å². The van der Waals surface area contributed by atoms with Crippen LogP contribution in [0.15, 0.2) is 65.5 Å². The maximum Gasteiger partial charge on any atom is 0.319 e. The molecule has 0 saturated heterocycles. The zero-order valence-electron chi connectivity index (χ0n) is 16.3. The number of hydrogen-bond acceptors (Lipinski definition) is 5. The van der Waals surface area contributed by atoms with E-state index in [-0.39, 0.29) is 11.3 Å². The topological polar surface area (TPSA) is 68.6 Å². The minimum Gasteiger partial charge on any atom is -0.425 e. The van der Waals surface area contributed by atoms with Crippen molar-refractivity contribution in [1.82, 2.24) is 4.68 Å². The molecule has 0 atom stereocenters. The SMILES string of the molecule is O=C1CC(=O)c2c(c3c(n(N(c4ccccc4)c4ccccc4)c2=O)CCCC3)O1. The van der Waals surface area contributed by atoms with Crippen LogP contribution in [0.4, 0.5) is 11.4 Å². The van der Waals surface area contributed by atoms with Crippen LogP contribution in [-0.2, 0) is 17.6 Å². The summed E-state index contributed by atoms with van der Waals surface area (Å²) in [6.45, 7) is 0. The summed E-state index contributed by atoms with van der Waals surface area (Å²) in [6, 6.07) is 19.2. The van der Waals surface area contributed by atoms with Crippen LogP contribution in [0.3, 0.4) is 0 Å². The molecule has 0 fully saturated rings. The van der Waals surface area contributed by atoms with Gasteiger partial charge in [-0.3, -0.25) is 14.4 Å². The van der Waals surface area contributed by atoms with E-state index in [0.717, 1.165) is 35.5 Å². The highest BCUT2D eigenvalue weighted by atomic mass is 16.5. The molecule has 0 spiro atoms. The molecule has 0 bridgehead atoms. The molecule has 6 nitrogen and oxygen atoms in total. The number of hydrogen-bond donors (Lipinski definition) is 0. The molecule has 5 rings (SSSR count). The van der Waals surface area contributed by atoms with E-state index in [4.69, 9.17) is 4.74 Å². The Kier molecular flexibility index (Phi) is 4.47. The van der Waals surface area contributed by atoms with Crippen molar-refractivity contribution in [3.05, 3.63) is 87.8 Å². The van der Waals surface area contributed by atoms with Crippen molar-refractivity contribution in [3.8, 4) is 5.75 Å². The molecule has 1 aromatic heterocycles. The molecule has 0 N–H and O–H groups in total. The number of nitrogens with zero attached hydrogens (tertiary/aromatic N) is 2. The highest BCUT2D eigenvalue weighted by Crippen LogP contribution is 2.36. The van der Waals surface area contributed by atoms with Crippen LogP contribution in [-0.4, -0.2) is 16.4 Å². The molecular weight excluding hydrogens is 380 g/mol. The standard InChI is InChI=1S/C24H20N2O4/c27-20-15-21(28)30-23-18-13-7-8-14-19(18)26(24(29)22(20)23)25(16-9-3-1-4-10-16)17-11-5-2-6-12-17/h1-6,9-12H,7-8,13-15H2. The number of pyridine rings is 1. The number of rotatable bonds is 3. The van der Waals surface area contributed by atoms with Gasteiger partial charge in [0.2, 0.25) is 0 Å². The van der Waals surface area contributed by atoms with Crippen LogP contribution in [0.1, 0.15) is 40.9 Å². The highest BCUT2D eigenvalue weighted by molar-refractivity contribution is 6.11. The second kappa shape index (κ2) is 7.30. The number of carbonyl (C=O) groups is 2. The van der Waals surface area contributed by atoms with Gasteiger partial charge in [0, 0.05) is 5.56 Å². The Bertz CT molecular complexity index is 1160. The summed E-state index contributed by atoms with van der Waals surface area (Å²) >= 11 is 0. The first-order valence-corrected chi connectivity index (χ1v) is 10.1. The first-order valence-electron chi connectivity index (χ1n) is 10.1. The number of esters is 1. The maximum atomic E-state index is 13.7. The first-order chi connectivity index (χ1) is 14.6.